The Hall–Kier alpha value is -11.2. The topological polar surface area (TPSA) is 4.93 Å². The van der Waals surface area contributed by atoms with Crippen LogP contribution in [0.4, 0.5) is 0 Å². The Bertz CT molecular complexity index is 5040. The molecule has 0 spiro atoms. The maximum Gasteiger partial charge on any atom is 0.180 e. The lowest BCUT2D eigenvalue weighted by molar-refractivity contribution is 1.18. The summed E-state index contributed by atoms with van der Waals surface area (Å²) in [5.74, 6) is 0. The standard InChI is InChI=1S/C86H57NSi/c1-4-16-58(17-5-1)71-46-50-79-80-51-49-72(57-86(80)88(85(79)56-71,73-22-6-2-7-23-73)74-24-8-3-9-25-74)87-83-52-47-69(63-34-30-59(31-35-63)61-38-42-67(43-39-61)77-28-14-20-65-18-10-12-26-75(65)77)54-81(83)82-55-70(48-53-84(82)87)64-36-32-60(33-37-64)62-40-44-68(45-41-62)78-29-15-21-66-19-11-13-27-76(66)78/h1-57H. The molecule has 0 amide bonds. The van der Waals surface area contributed by atoms with E-state index in [9.17, 15) is 0 Å². The molecule has 1 nitrogen and oxygen atoms in total. The third-order valence-corrected chi connectivity index (χ3v) is 23.6. The van der Waals surface area contributed by atoms with Crippen molar-refractivity contribution < 1.29 is 0 Å². The fourth-order valence-corrected chi connectivity index (χ4v) is 19.7. The fraction of sp³-hybridized carbons (Fsp3) is 0. The van der Waals surface area contributed by atoms with Gasteiger partial charge in [-0.1, -0.05) is 309 Å². The normalized spacial score (nSPS) is 12.4. The van der Waals surface area contributed by atoms with Crippen molar-refractivity contribution in [3.63, 3.8) is 0 Å². The molecule has 0 atom stereocenters. The molecule has 0 N–H and O–H groups in total. The van der Waals surface area contributed by atoms with Gasteiger partial charge in [0.15, 0.2) is 8.07 Å². The number of aromatic nitrogens is 1. The van der Waals surface area contributed by atoms with Crippen LogP contribution < -0.4 is 20.7 Å². The van der Waals surface area contributed by atoms with Crippen molar-refractivity contribution in [3.8, 4) is 94.7 Å². The van der Waals surface area contributed by atoms with Crippen LogP contribution >= 0.6 is 0 Å². The molecule has 15 aromatic carbocycles. The van der Waals surface area contributed by atoms with Gasteiger partial charge in [0.2, 0.25) is 0 Å². The maximum atomic E-state index is 2.56. The van der Waals surface area contributed by atoms with Gasteiger partial charge in [-0.3, -0.25) is 0 Å². The summed E-state index contributed by atoms with van der Waals surface area (Å²) in [5.41, 5.74) is 23.1. The van der Waals surface area contributed by atoms with Gasteiger partial charge in [-0.2, -0.15) is 0 Å². The van der Waals surface area contributed by atoms with E-state index in [0.717, 1.165) is 5.69 Å². The molecule has 1 aromatic heterocycles. The highest BCUT2D eigenvalue weighted by Gasteiger charge is 2.49. The molecule has 16 aromatic rings. The summed E-state index contributed by atoms with van der Waals surface area (Å²) in [6.45, 7) is 0. The summed E-state index contributed by atoms with van der Waals surface area (Å²) in [5, 5.41) is 13.1. The first kappa shape index (κ1) is 51.3. The molecule has 1 aliphatic heterocycles. The van der Waals surface area contributed by atoms with Crippen LogP contribution in [0.2, 0.25) is 0 Å². The molecule has 2 heterocycles. The molecule has 88 heavy (non-hydrogen) atoms. The summed E-state index contributed by atoms with van der Waals surface area (Å²) in [4.78, 5) is 0. The van der Waals surface area contributed by atoms with E-state index >= 15 is 0 Å². The second-order valence-electron chi connectivity index (χ2n) is 23.5. The Morgan fingerprint density at radius 3 is 0.989 bits per heavy atom. The van der Waals surface area contributed by atoms with Crippen LogP contribution in [0.3, 0.4) is 0 Å². The lowest BCUT2D eigenvalue weighted by atomic mass is 9.95. The van der Waals surface area contributed by atoms with Crippen molar-refractivity contribution in [2.45, 2.75) is 0 Å². The molecule has 0 saturated heterocycles. The van der Waals surface area contributed by atoms with Crippen LogP contribution in [0, 0.1) is 0 Å². The van der Waals surface area contributed by atoms with Gasteiger partial charge >= 0.3 is 0 Å². The molecule has 0 radical (unpaired) electrons. The zero-order valence-corrected chi connectivity index (χ0v) is 49.4. The molecule has 17 rings (SSSR count). The molecule has 0 fully saturated rings. The summed E-state index contributed by atoms with van der Waals surface area (Å²) < 4.78 is 2.53. The van der Waals surface area contributed by atoms with Gasteiger partial charge in [-0.25, -0.2) is 0 Å². The highest BCUT2D eigenvalue weighted by Crippen LogP contribution is 2.41. The molecular formula is C86H57NSi. The van der Waals surface area contributed by atoms with E-state index in [-0.39, 0.29) is 0 Å². The number of fused-ring (bicyclic) bond motifs is 8. The Morgan fingerprint density at radius 2 is 0.523 bits per heavy atom. The number of nitrogens with zero attached hydrogens (tertiary/aromatic N) is 1. The van der Waals surface area contributed by atoms with E-state index in [1.54, 1.807) is 0 Å². The fourth-order valence-electron chi connectivity index (χ4n) is 14.4. The van der Waals surface area contributed by atoms with Crippen molar-refractivity contribution in [2.75, 3.05) is 0 Å². The van der Waals surface area contributed by atoms with Gasteiger partial charge in [0.25, 0.3) is 0 Å². The van der Waals surface area contributed by atoms with Crippen molar-refractivity contribution in [2.24, 2.45) is 0 Å². The average Bonchev–Trinajstić information content (AvgIpc) is 1.57. The van der Waals surface area contributed by atoms with E-state index in [0.29, 0.717) is 0 Å². The molecule has 0 unspecified atom stereocenters. The van der Waals surface area contributed by atoms with Crippen LogP contribution in [0.25, 0.3) is 138 Å². The summed E-state index contributed by atoms with van der Waals surface area (Å²) >= 11 is 0. The number of benzene rings is 15. The van der Waals surface area contributed by atoms with Gasteiger partial charge in [0.05, 0.1) is 11.0 Å². The lowest BCUT2D eigenvalue weighted by Gasteiger charge is -2.32. The second kappa shape index (κ2) is 21.1. The highest BCUT2D eigenvalue weighted by molar-refractivity contribution is 7.22. The minimum atomic E-state index is -2.90. The number of hydrogen-bond donors (Lipinski definition) is 0. The minimum absolute atomic E-state index is 1.16. The first-order valence-corrected chi connectivity index (χ1v) is 32.5. The molecule has 1 aliphatic rings. The number of hydrogen-bond acceptors (Lipinski definition) is 0. The Kier molecular flexibility index (Phi) is 12.3. The minimum Gasteiger partial charge on any atom is -0.309 e. The van der Waals surface area contributed by atoms with Crippen molar-refractivity contribution in [1.29, 1.82) is 0 Å². The van der Waals surface area contributed by atoms with Crippen molar-refractivity contribution in [3.05, 3.63) is 346 Å². The predicted octanol–water partition coefficient (Wildman–Crippen LogP) is 20.1. The number of rotatable bonds is 10. The van der Waals surface area contributed by atoms with Crippen LogP contribution in [0.15, 0.2) is 346 Å². The van der Waals surface area contributed by atoms with E-state index < -0.39 is 8.07 Å². The van der Waals surface area contributed by atoms with Gasteiger partial charge in [0.1, 0.15) is 0 Å². The second-order valence-corrected chi connectivity index (χ2v) is 27.2. The van der Waals surface area contributed by atoms with Crippen LogP contribution in [0.5, 0.6) is 0 Å². The molecule has 0 saturated carbocycles. The maximum absolute atomic E-state index is 2.90. The van der Waals surface area contributed by atoms with E-state index in [1.807, 2.05) is 0 Å². The third kappa shape index (κ3) is 8.52. The first-order valence-electron chi connectivity index (χ1n) is 30.5. The predicted molar refractivity (Wildman–Crippen MR) is 376 cm³/mol. The zero-order valence-electron chi connectivity index (χ0n) is 48.4. The zero-order chi connectivity index (χ0) is 58.1. The van der Waals surface area contributed by atoms with Gasteiger partial charge in [-0.15, -0.1) is 0 Å². The quantitative estimate of drug-likeness (QED) is 0.120. The molecular weight excluding hydrogens is 1080 g/mol. The van der Waals surface area contributed by atoms with E-state index in [1.165, 1.54) is 153 Å². The first-order chi connectivity index (χ1) is 43.6. The average molecular weight is 1130 g/mol. The monoisotopic (exact) mass is 1130 g/mol. The Labute approximate surface area is 514 Å². The SMILES string of the molecule is c1ccc(-c2ccc3c(c2)[Si](c2ccccc2)(c2ccccc2)c2cc(-n4c5ccc(-c6ccc(-c7ccc(-c8cccc9ccccc89)cc7)cc6)cc5c5cc(-c6ccc(-c7ccc(-c8cccc9ccccc89)cc7)cc6)ccc54)ccc2-3)cc1. The van der Waals surface area contributed by atoms with E-state index in [2.05, 4.69) is 350 Å². The smallest absolute Gasteiger partial charge is 0.180 e. The Morgan fingerprint density at radius 1 is 0.193 bits per heavy atom. The van der Waals surface area contributed by atoms with Crippen molar-refractivity contribution in [1.82, 2.24) is 4.57 Å². The van der Waals surface area contributed by atoms with Crippen LogP contribution in [0.1, 0.15) is 0 Å². The molecule has 2 heteroatoms. The highest BCUT2D eigenvalue weighted by atomic mass is 28.3. The summed E-state index contributed by atoms with van der Waals surface area (Å²) in [6.07, 6.45) is 0. The third-order valence-electron chi connectivity index (χ3n) is 18.7. The van der Waals surface area contributed by atoms with Crippen molar-refractivity contribution >= 4 is 72.2 Å². The molecule has 0 bridgehead atoms. The lowest BCUT2D eigenvalue weighted by Crippen LogP contribution is -2.72. The summed E-state index contributed by atoms with van der Waals surface area (Å²) in [7, 11) is -2.90. The van der Waals surface area contributed by atoms with E-state index in [4.69, 9.17) is 0 Å². The molecule has 410 valence electrons. The van der Waals surface area contributed by atoms with Crippen LogP contribution in [-0.2, 0) is 0 Å². The largest absolute Gasteiger partial charge is 0.309 e. The molecule has 0 aliphatic carbocycles. The van der Waals surface area contributed by atoms with Crippen LogP contribution in [-0.4, -0.2) is 12.6 Å². The van der Waals surface area contributed by atoms with Gasteiger partial charge in [-0.05, 0) is 168 Å². The summed E-state index contributed by atoms with van der Waals surface area (Å²) in [6, 6.07) is 129. The van der Waals surface area contributed by atoms with Gasteiger partial charge in [0, 0.05) is 16.5 Å². The van der Waals surface area contributed by atoms with Gasteiger partial charge < -0.3 is 4.57 Å². The Balaban J connectivity index is 0.785.